The fraction of sp³-hybridized carbons (Fsp3) is 0.667. The first-order valence-electron chi connectivity index (χ1n) is 10.2. The van der Waals surface area contributed by atoms with Gasteiger partial charge >= 0.3 is 13.1 Å². The third-order valence-electron chi connectivity index (χ3n) is 5.46. The van der Waals surface area contributed by atoms with Crippen molar-refractivity contribution < 1.29 is 32.0 Å². The van der Waals surface area contributed by atoms with E-state index in [0.717, 1.165) is 0 Å². The predicted molar refractivity (Wildman–Crippen MR) is 119 cm³/mol. The number of hydrogen-bond acceptors (Lipinski definition) is 7. The van der Waals surface area contributed by atoms with Gasteiger partial charge in [-0.05, 0) is 73.0 Å². The Morgan fingerprint density at radius 3 is 1.97 bits per heavy atom. The van der Waals surface area contributed by atoms with Gasteiger partial charge in [-0.2, -0.15) is 4.72 Å². The van der Waals surface area contributed by atoms with Gasteiger partial charge in [0.2, 0.25) is 10.0 Å². The first kappa shape index (κ1) is 25.8. The van der Waals surface area contributed by atoms with Crippen LogP contribution in [0.25, 0.3) is 0 Å². The molecule has 0 aliphatic carbocycles. The maximum absolute atomic E-state index is 12.9. The summed E-state index contributed by atoms with van der Waals surface area (Å²) in [5.41, 5.74) is -0.866. The zero-order valence-electron chi connectivity index (χ0n) is 19.8. The molecule has 0 saturated carbocycles. The van der Waals surface area contributed by atoms with Crippen LogP contribution >= 0.6 is 0 Å². The lowest BCUT2D eigenvalue weighted by Gasteiger charge is -2.32. The molecule has 1 heterocycles. The SMILES string of the molecule is COC(=O)C(NS(=O)(=O)c1ccc(B2OC(C)(C)C(C)(C)O2)cc1)C(C)OC(C)(C)C. The van der Waals surface area contributed by atoms with E-state index in [2.05, 4.69) is 4.72 Å². The minimum absolute atomic E-state index is 0.00429. The van der Waals surface area contributed by atoms with Crippen molar-refractivity contribution in [1.29, 1.82) is 0 Å². The van der Waals surface area contributed by atoms with Crippen LogP contribution in [0.2, 0.25) is 0 Å². The second kappa shape index (κ2) is 8.82. The van der Waals surface area contributed by atoms with E-state index in [0.29, 0.717) is 5.46 Å². The van der Waals surface area contributed by atoms with Crippen LogP contribution < -0.4 is 10.2 Å². The highest BCUT2D eigenvalue weighted by molar-refractivity contribution is 7.89. The molecular weight excluding hydrogens is 421 g/mol. The molecular formula is C21H34BNO7S. The summed E-state index contributed by atoms with van der Waals surface area (Å²) in [6.07, 6.45) is -0.744. The van der Waals surface area contributed by atoms with Crippen LogP contribution in [-0.4, -0.2) is 57.6 Å². The number of methoxy groups -OCH3 is 1. The van der Waals surface area contributed by atoms with Crippen LogP contribution in [-0.2, 0) is 33.6 Å². The van der Waals surface area contributed by atoms with Crippen LogP contribution in [0.1, 0.15) is 55.4 Å². The van der Waals surface area contributed by atoms with Crippen molar-refractivity contribution in [2.45, 2.75) is 89.2 Å². The van der Waals surface area contributed by atoms with Gasteiger partial charge in [0.05, 0.1) is 34.9 Å². The summed E-state index contributed by atoms with van der Waals surface area (Å²) < 4.78 is 50.8. The summed E-state index contributed by atoms with van der Waals surface area (Å²) in [5.74, 6) is -0.728. The van der Waals surface area contributed by atoms with Crippen LogP contribution in [0.4, 0.5) is 0 Å². The van der Waals surface area contributed by atoms with E-state index in [1.807, 2.05) is 48.5 Å². The van der Waals surface area contributed by atoms with E-state index in [9.17, 15) is 13.2 Å². The Morgan fingerprint density at radius 1 is 1.06 bits per heavy atom. The summed E-state index contributed by atoms with van der Waals surface area (Å²) in [6, 6.07) is 4.98. The van der Waals surface area contributed by atoms with Gasteiger partial charge in [0.1, 0.15) is 6.04 Å². The fourth-order valence-corrected chi connectivity index (χ4v) is 4.36. The van der Waals surface area contributed by atoms with Crippen LogP contribution in [0.15, 0.2) is 29.2 Å². The largest absolute Gasteiger partial charge is 0.494 e. The Kier molecular flexibility index (Phi) is 7.34. The molecule has 0 aromatic heterocycles. The van der Waals surface area contributed by atoms with Crippen molar-refractivity contribution in [3.63, 3.8) is 0 Å². The monoisotopic (exact) mass is 455 g/mol. The summed E-state index contributed by atoms with van der Waals surface area (Å²) in [7, 11) is -3.41. The van der Waals surface area contributed by atoms with Gasteiger partial charge in [0, 0.05) is 0 Å². The third kappa shape index (κ3) is 6.07. The zero-order valence-corrected chi connectivity index (χ0v) is 20.6. The number of carbonyl (C=O) groups excluding carboxylic acids is 1. The highest BCUT2D eigenvalue weighted by Gasteiger charge is 2.51. The molecule has 1 saturated heterocycles. The molecule has 2 unspecified atom stereocenters. The molecule has 0 amide bonds. The molecule has 1 aromatic carbocycles. The molecule has 8 nitrogen and oxygen atoms in total. The van der Waals surface area contributed by atoms with Crippen molar-refractivity contribution >= 4 is 28.6 Å². The van der Waals surface area contributed by atoms with Gasteiger partial charge in [-0.1, -0.05) is 12.1 Å². The number of esters is 1. The summed E-state index contributed by atoms with van der Waals surface area (Å²) >= 11 is 0. The van der Waals surface area contributed by atoms with E-state index in [1.54, 1.807) is 19.1 Å². The first-order chi connectivity index (χ1) is 14.0. The number of benzene rings is 1. The third-order valence-corrected chi connectivity index (χ3v) is 6.92. The quantitative estimate of drug-likeness (QED) is 0.496. The molecule has 0 bridgehead atoms. The average molecular weight is 455 g/mol. The Balaban J connectivity index is 2.22. The minimum atomic E-state index is -4.01. The summed E-state index contributed by atoms with van der Waals surface area (Å²) in [5, 5.41) is 0. The molecule has 174 valence electrons. The number of nitrogens with one attached hydrogen (secondary N) is 1. The van der Waals surface area contributed by atoms with Crippen molar-refractivity contribution in [2.24, 2.45) is 0 Å². The van der Waals surface area contributed by atoms with Gasteiger partial charge in [-0.25, -0.2) is 8.42 Å². The van der Waals surface area contributed by atoms with Gasteiger partial charge in [0.25, 0.3) is 0 Å². The van der Waals surface area contributed by atoms with Crippen molar-refractivity contribution in [1.82, 2.24) is 4.72 Å². The number of sulfonamides is 1. The second-order valence-electron chi connectivity index (χ2n) is 9.71. The first-order valence-corrected chi connectivity index (χ1v) is 11.7. The normalized spacial score (nSPS) is 20.4. The van der Waals surface area contributed by atoms with E-state index in [1.165, 1.54) is 19.2 Å². The highest BCUT2D eigenvalue weighted by atomic mass is 32.2. The summed E-state index contributed by atoms with van der Waals surface area (Å²) in [4.78, 5) is 12.2. The molecule has 1 aliphatic rings. The van der Waals surface area contributed by atoms with Crippen molar-refractivity contribution in [3.8, 4) is 0 Å². The molecule has 1 fully saturated rings. The second-order valence-corrected chi connectivity index (χ2v) is 11.4. The molecule has 1 aliphatic heterocycles. The molecule has 0 radical (unpaired) electrons. The Labute approximate surface area is 186 Å². The molecule has 0 spiro atoms. The van der Waals surface area contributed by atoms with E-state index in [-0.39, 0.29) is 4.90 Å². The smallest absolute Gasteiger partial charge is 0.468 e. The Hall–Kier alpha value is -1.46. The molecule has 1 aromatic rings. The van der Waals surface area contributed by atoms with Crippen molar-refractivity contribution in [2.75, 3.05) is 7.11 Å². The van der Waals surface area contributed by atoms with E-state index >= 15 is 0 Å². The van der Waals surface area contributed by atoms with Gasteiger partial charge in [-0.3, -0.25) is 4.79 Å². The lowest BCUT2D eigenvalue weighted by Crippen LogP contribution is -2.50. The average Bonchev–Trinajstić information content (AvgIpc) is 2.85. The summed E-state index contributed by atoms with van der Waals surface area (Å²) in [6.45, 7) is 14.9. The lowest BCUT2D eigenvalue weighted by atomic mass is 9.79. The Bertz CT molecular complexity index is 875. The highest BCUT2D eigenvalue weighted by Crippen LogP contribution is 2.36. The van der Waals surface area contributed by atoms with Gasteiger partial charge in [-0.15, -0.1) is 0 Å². The maximum atomic E-state index is 12.9. The number of ether oxygens (including phenoxy) is 2. The van der Waals surface area contributed by atoms with E-state index < -0.39 is 52.1 Å². The maximum Gasteiger partial charge on any atom is 0.494 e. The molecule has 31 heavy (non-hydrogen) atoms. The number of rotatable bonds is 7. The number of carbonyl (C=O) groups is 1. The van der Waals surface area contributed by atoms with Gasteiger partial charge in [0.15, 0.2) is 0 Å². The van der Waals surface area contributed by atoms with Crippen molar-refractivity contribution in [3.05, 3.63) is 24.3 Å². The van der Waals surface area contributed by atoms with Gasteiger partial charge < -0.3 is 18.8 Å². The van der Waals surface area contributed by atoms with E-state index in [4.69, 9.17) is 18.8 Å². The molecule has 2 rings (SSSR count). The lowest BCUT2D eigenvalue weighted by molar-refractivity contribution is -0.149. The standard InChI is InChI=1S/C21H34BNO7S/c1-14(28-19(2,3)4)17(18(24)27-9)23-31(25,26)16-12-10-15(11-13-16)22-29-20(5,6)21(7,8)30-22/h10-14,17,23H,1-9H3. The fourth-order valence-electron chi connectivity index (χ4n) is 3.11. The molecule has 2 atom stereocenters. The van der Waals surface area contributed by atoms with Crippen LogP contribution in [0.5, 0.6) is 0 Å². The van der Waals surface area contributed by atoms with Crippen LogP contribution in [0.3, 0.4) is 0 Å². The van der Waals surface area contributed by atoms with Crippen LogP contribution in [0, 0.1) is 0 Å². The Morgan fingerprint density at radius 2 is 1.55 bits per heavy atom. The zero-order chi connectivity index (χ0) is 23.8. The molecule has 1 N–H and O–H groups in total. The minimum Gasteiger partial charge on any atom is -0.468 e. The topological polar surface area (TPSA) is 100 Å². The molecule has 10 heteroatoms. The number of hydrogen-bond donors (Lipinski definition) is 1. The predicted octanol–water partition coefficient (Wildman–Crippen LogP) is 2.01.